The normalized spacial score (nSPS) is 15.5. The van der Waals surface area contributed by atoms with Gasteiger partial charge in [-0.25, -0.2) is 0 Å². The Hall–Kier alpha value is -3.35. The molecule has 2 N–H and O–H groups in total. The van der Waals surface area contributed by atoms with Gasteiger partial charge in [0.25, 0.3) is 6.01 Å². The van der Waals surface area contributed by atoms with Crippen molar-refractivity contribution in [2.75, 3.05) is 23.3 Å². The topological polar surface area (TPSA) is 87.5 Å². The quantitative estimate of drug-likeness (QED) is 0.577. The van der Waals surface area contributed by atoms with Gasteiger partial charge in [-0.15, -0.1) is 0 Å². The third kappa shape index (κ3) is 5.10. The molecule has 0 spiro atoms. The predicted molar refractivity (Wildman–Crippen MR) is 125 cm³/mol. The lowest BCUT2D eigenvalue weighted by atomic mass is 9.96. The Morgan fingerprint density at radius 3 is 2.69 bits per heavy atom. The Kier molecular flexibility index (Phi) is 6.73. The van der Waals surface area contributed by atoms with Crippen LogP contribution in [0.15, 0.2) is 52.9 Å². The van der Waals surface area contributed by atoms with Crippen molar-refractivity contribution in [1.82, 2.24) is 10.3 Å². The van der Waals surface area contributed by atoms with Crippen LogP contribution in [-0.2, 0) is 16.1 Å². The number of nitrogens with one attached hydrogen (secondary N) is 2. The number of fused-ring (bicyclic) bond motifs is 1. The van der Waals surface area contributed by atoms with Crippen LogP contribution in [0.5, 0.6) is 0 Å². The van der Waals surface area contributed by atoms with Crippen molar-refractivity contribution < 1.29 is 14.0 Å². The van der Waals surface area contributed by atoms with Gasteiger partial charge in [0.1, 0.15) is 5.52 Å². The largest absolute Gasteiger partial charge is 0.423 e. The lowest BCUT2D eigenvalue weighted by molar-refractivity contribution is -0.125. The van der Waals surface area contributed by atoms with E-state index in [4.69, 9.17) is 4.42 Å². The van der Waals surface area contributed by atoms with E-state index in [9.17, 15) is 9.59 Å². The highest BCUT2D eigenvalue weighted by atomic mass is 16.4. The van der Waals surface area contributed by atoms with Gasteiger partial charge in [0.15, 0.2) is 5.58 Å². The molecule has 1 aliphatic rings. The molecule has 0 bridgehead atoms. The molecule has 1 fully saturated rings. The summed E-state index contributed by atoms with van der Waals surface area (Å²) in [5.41, 5.74) is 3.35. The molecule has 0 radical (unpaired) electrons. The molecule has 32 heavy (non-hydrogen) atoms. The number of nitrogens with zero attached hydrogens (tertiary/aromatic N) is 2. The van der Waals surface area contributed by atoms with E-state index in [0.717, 1.165) is 54.7 Å². The maximum Gasteiger partial charge on any atom is 0.298 e. The van der Waals surface area contributed by atoms with Gasteiger partial charge in [0.05, 0.1) is 0 Å². The molecule has 2 heterocycles. The van der Waals surface area contributed by atoms with E-state index in [-0.39, 0.29) is 23.7 Å². The maximum atomic E-state index is 12.7. The van der Waals surface area contributed by atoms with Gasteiger partial charge in [0.2, 0.25) is 11.8 Å². The zero-order valence-electron chi connectivity index (χ0n) is 18.6. The average Bonchev–Trinajstić information content (AvgIpc) is 3.26. The van der Waals surface area contributed by atoms with Crippen LogP contribution in [0.4, 0.5) is 11.7 Å². The van der Waals surface area contributed by atoms with E-state index in [2.05, 4.69) is 20.5 Å². The summed E-state index contributed by atoms with van der Waals surface area (Å²) in [5, 5.41) is 5.99. The van der Waals surface area contributed by atoms with E-state index in [1.807, 2.05) is 62.4 Å². The first kappa shape index (κ1) is 21.9. The molecule has 7 nitrogen and oxygen atoms in total. The van der Waals surface area contributed by atoms with E-state index in [1.54, 1.807) is 0 Å². The van der Waals surface area contributed by atoms with Crippen LogP contribution >= 0.6 is 0 Å². The molecule has 1 atom stereocenters. The van der Waals surface area contributed by atoms with Gasteiger partial charge in [-0.2, -0.15) is 4.98 Å². The number of hydrogen-bond acceptors (Lipinski definition) is 5. The molecule has 2 aromatic carbocycles. The fourth-order valence-corrected chi connectivity index (χ4v) is 3.87. The number of para-hydroxylation sites is 2. The number of amides is 2. The summed E-state index contributed by atoms with van der Waals surface area (Å²) >= 11 is 0. The molecular weight excluding hydrogens is 404 g/mol. The molecule has 4 rings (SSSR count). The van der Waals surface area contributed by atoms with Crippen molar-refractivity contribution in [3.05, 3.63) is 54.1 Å². The van der Waals surface area contributed by atoms with E-state index >= 15 is 0 Å². The minimum absolute atomic E-state index is 0.0133. The fraction of sp³-hybridized carbons (Fsp3) is 0.400. The molecule has 2 amide bonds. The van der Waals surface area contributed by atoms with Crippen LogP contribution in [0, 0.1) is 11.8 Å². The van der Waals surface area contributed by atoms with Gasteiger partial charge in [0, 0.05) is 37.2 Å². The van der Waals surface area contributed by atoms with Crippen LogP contribution in [0.2, 0.25) is 0 Å². The van der Waals surface area contributed by atoms with E-state index < -0.39 is 0 Å². The van der Waals surface area contributed by atoms with Crippen molar-refractivity contribution in [2.24, 2.45) is 11.8 Å². The number of carbonyl (C=O) groups excluding carboxylic acids is 2. The van der Waals surface area contributed by atoms with Crippen LogP contribution < -0.4 is 15.5 Å². The van der Waals surface area contributed by atoms with Gasteiger partial charge in [-0.05, 0) is 49.1 Å². The minimum Gasteiger partial charge on any atom is -0.423 e. The minimum atomic E-state index is -0.0287. The average molecular weight is 435 g/mol. The number of carbonyl (C=O) groups is 2. The van der Waals surface area contributed by atoms with Crippen molar-refractivity contribution in [2.45, 2.75) is 39.7 Å². The van der Waals surface area contributed by atoms with E-state index in [1.165, 1.54) is 0 Å². The molecular formula is C25H30N4O3. The van der Waals surface area contributed by atoms with E-state index in [0.29, 0.717) is 12.6 Å². The zero-order chi connectivity index (χ0) is 22.5. The molecule has 1 unspecified atom stereocenters. The lowest BCUT2D eigenvalue weighted by Gasteiger charge is -2.30. The first-order chi connectivity index (χ1) is 15.5. The maximum absolute atomic E-state index is 12.7. The monoisotopic (exact) mass is 434 g/mol. The third-order valence-corrected chi connectivity index (χ3v) is 6.14. The van der Waals surface area contributed by atoms with Gasteiger partial charge in [-0.3, -0.25) is 9.59 Å². The van der Waals surface area contributed by atoms with Crippen LogP contribution in [0.3, 0.4) is 0 Å². The number of anilines is 2. The molecule has 7 heteroatoms. The smallest absolute Gasteiger partial charge is 0.298 e. The highest BCUT2D eigenvalue weighted by molar-refractivity contribution is 5.92. The Bertz CT molecular complexity index is 1050. The SMILES string of the molecule is CCC(C)C(=O)Nc1cccc(CNC(=O)C2CCN(c3nc4ccccc4o3)CC2)c1. The zero-order valence-corrected chi connectivity index (χ0v) is 18.6. The molecule has 0 saturated carbocycles. The lowest BCUT2D eigenvalue weighted by Crippen LogP contribution is -2.40. The van der Waals surface area contributed by atoms with Crippen LogP contribution in [0.25, 0.3) is 11.1 Å². The number of benzene rings is 2. The Morgan fingerprint density at radius 2 is 1.94 bits per heavy atom. The molecule has 1 saturated heterocycles. The van der Waals surface area contributed by atoms with Gasteiger partial charge in [-0.1, -0.05) is 38.1 Å². The Labute approximate surface area is 188 Å². The standard InChI is InChI=1S/C25H30N4O3/c1-3-17(2)23(30)27-20-8-6-7-18(15-20)16-26-24(31)19-11-13-29(14-12-19)25-28-21-9-4-5-10-22(21)32-25/h4-10,15,17,19H,3,11-14,16H2,1-2H3,(H,26,31)(H,27,30). The summed E-state index contributed by atoms with van der Waals surface area (Å²) in [6.07, 6.45) is 2.32. The van der Waals surface area contributed by atoms with Crippen molar-refractivity contribution in [3.8, 4) is 0 Å². The molecule has 3 aromatic rings. The molecule has 168 valence electrons. The Morgan fingerprint density at radius 1 is 1.16 bits per heavy atom. The summed E-state index contributed by atoms with van der Waals surface area (Å²) in [6, 6.07) is 16.0. The molecule has 0 aliphatic carbocycles. The first-order valence-electron chi connectivity index (χ1n) is 11.3. The number of piperidine rings is 1. The van der Waals surface area contributed by atoms with Crippen molar-refractivity contribution >= 4 is 34.6 Å². The van der Waals surface area contributed by atoms with Gasteiger partial charge >= 0.3 is 0 Å². The summed E-state index contributed by atoms with van der Waals surface area (Å²) in [6.45, 7) is 5.82. The highest BCUT2D eigenvalue weighted by Gasteiger charge is 2.27. The van der Waals surface area contributed by atoms with Crippen molar-refractivity contribution in [3.63, 3.8) is 0 Å². The summed E-state index contributed by atoms with van der Waals surface area (Å²) in [5.74, 6) is 0.0264. The predicted octanol–water partition coefficient (Wildman–Crippen LogP) is 4.35. The van der Waals surface area contributed by atoms with Crippen molar-refractivity contribution in [1.29, 1.82) is 0 Å². The summed E-state index contributed by atoms with van der Waals surface area (Å²) < 4.78 is 5.85. The molecule has 1 aliphatic heterocycles. The summed E-state index contributed by atoms with van der Waals surface area (Å²) in [4.78, 5) is 31.5. The fourth-order valence-electron chi connectivity index (χ4n) is 3.87. The second kappa shape index (κ2) is 9.85. The first-order valence-corrected chi connectivity index (χ1v) is 11.3. The van der Waals surface area contributed by atoms with Crippen LogP contribution in [0.1, 0.15) is 38.7 Å². The summed E-state index contributed by atoms with van der Waals surface area (Å²) in [7, 11) is 0. The number of rotatable bonds is 7. The van der Waals surface area contributed by atoms with Crippen LogP contribution in [-0.4, -0.2) is 29.9 Å². The second-order valence-corrected chi connectivity index (χ2v) is 8.44. The van der Waals surface area contributed by atoms with Gasteiger partial charge < -0.3 is 20.0 Å². The molecule has 1 aromatic heterocycles. The Balaban J connectivity index is 1.27. The number of oxazole rings is 1. The third-order valence-electron chi connectivity index (χ3n) is 6.14. The highest BCUT2D eigenvalue weighted by Crippen LogP contribution is 2.26. The number of aromatic nitrogens is 1. The second-order valence-electron chi connectivity index (χ2n) is 8.44. The number of hydrogen-bond donors (Lipinski definition) is 2.